The van der Waals surface area contributed by atoms with Crippen LogP contribution in [0.1, 0.15) is 57.3 Å². The molecule has 0 aromatic heterocycles. The van der Waals surface area contributed by atoms with E-state index >= 15 is 0 Å². The molecule has 316 valence electrons. The van der Waals surface area contributed by atoms with E-state index in [2.05, 4.69) is 212 Å². The molecule has 67 heavy (non-hydrogen) atoms. The Bertz CT molecular complexity index is 3190. The van der Waals surface area contributed by atoms with Crippen LogP contribution in [0.4, 0.5) is 0 Å². The Morgan fingerprint density at radius 2 is 0.687 bits per heavy atom. The SMILES string of the molecule is C#Cc1ccc(C(c2ccc(C#C)cc2)(c2ccc(C#C)cc2)c2ccc(-c3cc(-c4ccccc4)c(-c4ccccc4)c(-c4ccc(C#CCCCCl)cc4)c3-c3ccccc3)cc2)cc1. The van der Waals surface area contributed by atoms with Crippen molar-refractivity contribution >= 4 is 11.6 Å². The first kappa shape index (κ1) is 43.7. The van der Waals surface area contributed by atoms with Gasteiger partial charge in [-0.2, -0.15) is 0 Å². The molecule has 0 nitrogen and oxygen atoms in total. The first-order chi connectivity index (χ1) is 33.0. The molecule has 0 heterocycles. The van der Waals surface area contributed by atoms with Crippen LogP contribution in [0.25, 0.3) is 55.6 Å². The van der Waals surface area contributed by atoms with Gasteiger partial charge >= 0.3 is 0 Å². The van der Waals surface area contributed by atoms with Crippen molar-refractivity contribution < 1.29 is 0 Å². The van der Waals surface area contributed by atoms with Crippen LogP contribution < -0.4 is 0 Å². The summed E-state index contributed by atoms with van der Waals surface area (Å²) in [6.45, 7) is 0. The number of hydrogen-bond acceptors (Lipinski definition) is 0. The fraction of sp³-hybridized carbons (Fsp3) is 0.0606. The Labute approximate surface area is 401 Å². The highest BCUT2D eigenvalue weighted by molar-refractivity contribution is 6.17. The van der Waals surface area contributed by atoms with E-state index in [-0.39, 0.29) is 0 Å². The van der Waals surface area contributed by atoms with Crippen LogP contribution in [0, 0.1) is 48.9 Å². The fourth-order valence-electron chi connectivity index (χ4n) is 9.24. The highest BCUT2D eigenvalue weighted by Crippen LogP contribution is 2.51. The molecule has 0 spiro atoms. The first-order valence-corrected chi connectivity index (χ1v) is 22.9. The fourth-order valence-corrected chi connectivity index (χ4v) is 9.38. The van der Waals surface area contributed by atoms with E-state index in [0.717, 1.165) is 113 Å². The Hall–Kier alpha value is -8.49. The van der Waals surface area contributed by atoms with Crippen LogP contribution in [0.15, 0.2) is 218 Å². The Balaban J connectivity index is 1.34. The van der Waals surface area contributed by atoms with Crippen molar-refractivity contribution in [1.82, 2.24) is 0 Å². The van der Waals surface area contributed by atoms with Crippen LogP contribution in [-0.2, 0) is 5.41 Å². The third-order valence-corrected chi connectivity index (χ3v) is 12.7. The zero-order chi connectivity index (χ0) is 46.0. The highest BCUT2D eigenvalue weighted by Gasteiger charge is 2.38. The molecule has 9 aromatic rings. The maximum atomic E-state index is 5.96. The summed E-state index contributed by atoms with van der Waals surface area (Å²) in [5.74, 6) is 15.7. The van der Waals surface area contributed by atoms with Gasteiger partial charge in [0, 0.05) is 34.6 Å². The minimum Gasteiger partial charge on any atom is -0.127 e. The maximum absolute atomic E-state index is 5.96. The van der Waals surface area contributed by atoms with Crippen molar-refractivity contribution in [3.63, 3.8) is 0 Å². The summed E-state index contributed by atoms with van der Waals surface area (Å²) in [7, 11) is 0. The molecule has 0 saturated heterocycles. The van der Waals surface area contributed by atoms with Gasteiger partial charge in [0.1, 0.15) is 0 Å². The zero-order valence-electron chi connectivity index (χ0n) is 37.0. The Kier molecular flexibility index (Phi) is 13.1. The van der Waals surface area contributed by atoms with E-state index in [1.165, 1.54) is 0 Å². The average Bonchev–Trinajstić information content (AvgIpc) is 3.41. The summed E-state index contributed by atoms with van der Waals surface area (Å²) in [5.41, 5.74) is 18.1. The molecule has 0 atom stereocenters. The van der Waals surface area contributed by atoms with Crippen LogP contribution in [0.3, 0.4) is 0 Å². The highest BCUT2D eigenvalue weighted by atomic mass is 35.5. The van der Waals surface area contributed by atoms with Gasteiger partial charge in [-0.1, -0.05) is 193 Å². The second kappa shape index (κ2) is 20.1. The largest absolute Gasteiger partial charge is 0.127 e. The molecular formula is C66H45Cl. The molecule has 0 aliphatic carbocycles. The van der Waals surface area contributed by atoms with Crippen molar-refractivity contribution in [3.05, 3.63) is 263 Å². The molecule has 0 bridgehead atoms. The minimum absolute atomic E-state index is 0.602. The third-order valence-electron chi connectivity index (χ3n) is 12.5. The molecule has 0 radical (unpaired) electrons. The van der Waals surface area contributed by atoms with Crippen molar-refractivity contribution in [2.45, 2.75) is 18.3 Å². The van der Waals surface area contributed by atoms with Crippen LogP contribution in [0.2, 0.25) is 0 Å². The summed E-state index contributed by atoms with van der Waals surface area (Å²) in [6.07, 6.45) is 19.3. The van der Waals surface area contributed by atoms with Gasteiger partial charge in [0.05, 0.1) is 5.41 Å². The van der Waals surface area contributed by atoms with Crippen LogP contribution >= 0.6 is 11.6 Å². The number of terminal acetylenes is 3. The van der Waals surface area contributed by atoms with E-state index < -0.39 is 5.41 Å². The van der Waals surface area contributed by atoms with E-state index in [9.17, 15) is 0 Å². The van der Waals surface area contributed by atoms with Crippen molar-refractivity contribution in [2.75, 3.05) is 5.88 Å². The maximum Gasteiger partial charge on any atom is 0.0701 e. The topological polar surface area (TPSA) is 0 Å². The third kappa shape index (κ3) is 8.85. The lowest BCUT2D eigenvalue weighted by molar-refractivity contribution is 0.745. The van der Waals surface area contributed by atoms with Crippen LogP contribution in [-0.4, -0.2) is 5.88 Å². The lowest BCUT2D eigenvalue weighted by atomic mass is 9.64. The van der Waals surface area contributed by atoms with Gasteiger partial charge in [-0.25, -0.2) is 0 Å². The summed E-state index contributed by atoms with van der Waals surface area (Å²) < 4.78 is 0. The molecule has 0 unspecified atom stereocenters. The first-order valence-electron chi connectivity index (χ1n) is 22.4. The van der Waals surface area contributed by atoms with Crippen LogP contribution in [0.5, 0.6) is 0 Å². The molecule has 0 aliphatic rings. The van der Waals surface area contributed by atoms with Crippen molar-refractivity contribution in [2.24, 2.45) is 0 Å². The van der Waals surface area contributed by atoms with Gasteiger partial charge in [0.15, 0.2) is 0 Å². The molecule has 0 N–H and O–H groups in total. The number of benzene rings is 9. The van der Waals surface area contributed by atoms with Gasteiger partial charge in [-0.3, -0.25) is 0 Å². The van der Waals surface area contributed by atoms with Gasteiger partial charge in [-0.15, -0.1) is 30.9 Å². The normalized spacial score (nSPS) is 10.8. The summed E-state index contributed by atoms with van der Waals surface area (Å²) in [5, 5.41) is 0. The smallest absolute Gasteiger partial charge is 0.0701 e. The molecule has 0 fully saturated rings. The van der Waals surface area contributed by atoms with E-state index in [1.807, 2.05) is 36.4 Å². The molecular weight excluding hydrogens is 828 g/mol. The quantitative estimate of drug-likeness (QED) is 0.0526. The van der Waals surface area contributed by atoms with Crippen molar-refractivity contribution in [1.29, 1.82) is 0 Å². The predicted molar refractivity (Wildman–Crippen MR) is 283 cm³/mol. The second-order valence-electron chi connectivity index (χ2n) is 16.4. The number of alkyl halides is 1. The van der Waals surface area contributed by atoms with Crippen molar-refractivity contribution in [3.8, 4) is 105 Å². The molecule has 1 heteroatoms. The number of unbranched alkanes of at least 4 members (excludes halogenated alkanes) is 1. The summed E-state index contributed by atoms with van der Waals surface area (Å²) >= 11 is 5.96. The van der Waals surface area contributed by atoms with Gasteiger partial charge in [0.2, 0.25) is 0 Å². The molecule has 0 aliphatic heterocycles. The summed E-state index contributed by atoms with van der Waals surface area (Å²) in [6, 6.07) is 77.3. The lowest BCUT2D eigenvalue weighted by Gasteiger charge is -2.37. The van der Waals surface area contributed by atoms with E-state index in [4.69, 9.17) is 30.9 Å². The number of hydrogen-bond donors (Lipinski definition) is 0. The Morgan fingerprint density at radius 1 is 0.358 bits per heavy atom. The Morgan fingerprint density at radius 3 is 1.07 bits per heavy atom. The van der Waals surface area contributed by atoms with Gasteiger partial charge < -0.3 is 0 Å². The monoisotopic (exact) mass is 872 g/mol. The minimum atomic E-state index is -0.777. The average molecular weight is 874 g/mol. The summed E-state index contributed by atoms with van der Waals surface area (Å²) in [4.78, 5) is 0. The molecule has 0 amide bonds. The second-order valence-corrected chi connectivity index (χ2v) is 16.7. The predicted octanol–water partition coefficient (Wildman–Crippen LogP) is 15.7. The standard InChI is InChI=1S/C66H45Cl/c1-4-48-28-38-57(39-29-48)66(58-40-30-49(5-2)31-41-58,59-42-32-50(6-3)33-43-59)60-44-36-53(37-45-60)62-47-61(52-20-12-7-13-21-52)63(54-22-14-8-15-23-54)65(64(62)55-24-16-9-17-25-55)56-34-26-51(27-35-56)19-11-10-18-46-67/h1-3,7-9,12-17,20-45,47H,10,18,46H2. The van der Waals surface area contributed by atoms with E-state index in [1.54, 1.807) is 0 Å². The molecule has 9 aromatic carbocycles. The van der Waals surface area contributed by atoms with E-state index in [0.29, 0.717) is 5.88 Å². The number of halogens is 1. The molecule has 0 saturated carbocycles. The van der Waals surface area contributed by atoms with Gasteiger partial charge in [-0.05, 0) is 139 Å². The number of rotatable bonds is 11. The lowest BCUT2D eigenvalue weighted by Crippen LogP contribution is -2.31. The molecule has 9 rings (SSSR count). The van der Waals surface area contributed by atoms with Gasteiger partial charge in [0.25, 0.3) is 0 Å². The zero-order valence-corrected chi connectivity index (χ0v) is 37.8.